The van der Waals surface area contributed by atoms with Gasteiger partial charge in [-0.3, -0.25) is 4.79 Å². The third-order valence-corrected chi connectivity index (χ3v) is 5.39. The number of anilines is 1. The number of carbonyl (C=O) groups is 1. The van der Waals surface area contributed by atoms with E-state index < -0.39 is 0 Å². The first-order valence-corrected chi connectivity index (χ1v) is 9.53. The molecule has 1 N–H and O–H groups in total. The molecule has 2 aliphatic rings. The quantitative estimate of drug-likeness (QED) is 0.927. The average molecular weight is 334 g/mol. The smallest absolute Gasteiger partial charge is 0.227 e. The standard InChI is InChI=1S/C22H26N2O/c1-2-14-24-20(25)9-8-18-15-17-10-12-23-13-11-19(17)21(22(18)24)16-6-4-3-5-7-16/h3-7,15,23H,2,8-14H2,1H3. The summed E-state index contributed by atoms with van der Waals surface area (Å²) in [5.74, 6) is 0.276. The highest BCUT2D eigenvalue weighted by Gasteiger charge is 2.30. The van der Waals surface area contributed by atoms with Crippen LogP contribution < -0.4 is 10.2 Å². The average Bonchev–Trinajstić information content (AvgIpc) is 2.88. The predicted molar refractivity (Wildman–Crippen MR) is 103 cm³/mol. The monoisotopic (exact) mass is 334 g/mol. The van der Waals surface area contributed by atoms with Crippen molar-refractivity contribution in [2.45, 2.75) is 39.0 Å². The molecular formula is C22H26N2O. The number of nitrogens with one attached hydrogen (secondary N) is 1. The number of carbonyl (C=O) groups excluding carboxylic acids is 1. The van der Waals surface area contributed by atoms with Crippen molar-refractivity contribution in [3.05, 3.63) is 53.1 Å². The van der Waals surface area contributed by atoms with Crippen LogP contribution in [0.2, 0.25) is 0 Å². The number of benzene rings is 2. The molecule has 0 aromatic heterocycles. The Morgan fingerprint density at radius 2 is 1.80 bits per heavy atom. The van der Waals surface area contributed by atoms with Crippen LogP contribution in [0, 0.1) is 0 Å². The van der Waals surface area contributed by atoms with Crippen LogP contribution in [0.25, 0.3) is 11.1 Å². The van der Waals surface area contributed by atoms with Gasteiger partial charge in [0, 0.05) is 18.5 Å². The Hall–Kier alpha value is -2.13. The molecule has 1 amide bonds. The van der Waals surface area contributed by atoms with Crippen LogP contribution in [0.1, 0.15) is 36.5 Å². The maximum atomic E-state index is 12.7. The van der Waals surface area contributed by atoms with Crippen molar-refractivity contribution in [1.29, 1.82) is 0 Å². The topological polar surface area (TPSA) is 32.3 Å². The summed E-state index contributed by atoms with van der Waals surface area (Å²) in [6.07, 6.45) is 4.59. The third-order valence-electron chi connectivity index (χ3n) is 5.39. The van der Waals surface area contributed by atoms with Crippen molar-refractivity contribution in [2.24, 2.45) is 0 Å². The van der Waals surface area contributed by atoms with E-state index in [1.54, 1.807) is 0 Å². The lowest BCUT2D eigenvalue weighted by molar-refractivity contribution is -0.118. The fraction of sp³-hybridized carbons (Fsp3) is 0.409. The summed E-state index contributed by atoms with van der Waals surface area (Å²) in [5, 5.41) is 3.53. The number of rotatable bonds is 3. The normalized spacial score (nSPS) is 17.0. The molecule has 0 bridgehead atoms. The van der Waals surface area contributed by atoms with E-state index >= 15 is 0 Å². The molecule has 0 fully saturated rings. The minimum atomic E-state index is 0.276. The summed E-state index contributed by atoms with van der Waals surface area (Å²) in [4.78, 5) is 14.7. The highest BCUT2D eigenvalue weighted by atomic mass is 16.2. The Kier molecular flexibility index (Phi) is 4.58. The molecule has 130 valence electrons. The first-order chi connectivity index (χ1) is 12.3. The number of hydrogen-bond acceptors (Lipinski definition) is 2. The molecule has 3 heteroatoms. The highest BCUT2D eigenvalue weighted by Crippen LogP contribution is 2.42. The maximum Gasteiger partial charge on any atom is 0.227 e. The fourth-order valence-electron chi connectivity index (χ4n) is 4.28. The molecule has 0 radical (unpaired) electrons. The fourth-order valence-corrected chi connectivity index (χ4v) is 4.28. The molecule has 2 heterocycles. The third kappa shape index (κ3) is 2.98. The molecule has 0 atom stereocenters. The zero-order valence-electron chi connectivity index (χ0n) is 15.0. The van der Waals surface area contributed by atoms with E-state index in [0.29, 0.717) is 6.42 Å². The van der Waals surface area contributed by atoms with Crippen molar-refractivity contribution in [2.75, 3.05) is 24.5 Å². The van der Waals surface area contributed by atoms with Gasteiger partial charge < -0.3 is 10.2 Å². The van der Waals surface area contributed by atoms with Crippen LogP contribution in [0.15, 0.2) is 36.4 Å². The molecule has 2 aromatic carbocycles. The second-order valence-electron chi connectivity index (χ2n) is 7.06. The molecule has 4 rings (SSSR count). The molecule has 0 spiro atoms. The Labute approximate surface area is 150 Å². The molecule has 2 aromatic rings. The molecule has 25 heavy (non-hydrogen) atoms. The SMILES string of the molecule is CCCN1C(=O)CCc2cc3c(c(-c4ccccc4)c21)CCNCC3. The van der Waals surface area contributed by atoms with E-state index in [9.17, 15) is 4.79 Å². The van der Waals surface area contributed by atoms with Gasteiger partial charge in [0.25, 0.3) is 0 Å². The molecule has 0 saturated heterocycles. The van der Waals surface area contributed by atoms with E-state index in [4.69, 9.17) is 0 Å². The van der Waals surface area contributed by atoms with Crippen LogP contribution >= 0.6 is 0 Å². The molecule has 0 aliphatic carbocycles. The number of nitrogens with zero attached hydrogens (tertiary/aromatic N) is 1. The zero-order chi connectivity index (χ0) is 17.2. The van der Waals surface area contributed by atoms with Crippen molar-refractivity contribution in [1.82, 2.24) is 5.32 Å². The lowest BCUT2D eigenvalue weighted by Gasteiger charge is -2.33. The summed E-state index contributed by atoms with van der Waals surface area (Å²) in [6, 6.07) is 13.0. The van der Waals surface area contributed by atoms with Crippen LogP contribution in [0.4, 0.5) is 5.69 Å². The Bertz CT molecular complexity index is 782. The largest absolute Gasteiger partial charge is 0.316 e. The second-order valence-corrected chi connectivity index (χ2v) is 7.06. The van der Waals surface area contributed by atoms with E-state index in [1.807, 2.05) is 0 Å². The van der Waals surface area contributed by atoms with Crippen molar-refractivity contribution >= 4 is 11.6 Å². The zero-order valence-corrected chi connectivity index (χ0v) is 15.0. The van der Waals surface area contributed by atoms with Gasteiger partial charge in [-0.2, -0.15) is 0 Å². The lowest BCUT2D eigenvalue weighted by atomic mass is 9.85. The van der Waals surface area contributed by atoms with Gasteiger partial charge in [-0.25, -0.2) is 0 Å². The first-order valence-electron chi connectivity index (χ1n) is 9.53. The molecule has 0 unspecified atom stereocenters. The molecular weight excluding hydrogens is 308 g/mol. The lowest BCUT2D eigenvalue weighted by Crippen LogP contribution is -2.36. The number of hydrogen-bond donors (Lipinski definition) is 1. The van der Waals surface area contributed by atoms with Crippen LogP contribution in [-0.4, -0.2) is 25.5 Å². The summed E-state index contributed by atoms with van der Waals surface area (Å²) in [5.41, 5.74) is 7.99. The Morgan fingerprint density at radius 3 is 2.60 bits per heavy atom. The number of aryl methyl sites for hydroxylation is 1. The first kappa shape index (κ1) is 16.3. The summed E-state index contributed by atoms with van der Waals surface area (Å²) >= 11 is 0. The van der Waals surface area contributed by atoms with Crippen molar-refractivity contribution in [3.8, 4) is 11.1 Å². The van der Waals surface area contributed by atoms with Gasteiger partial charge >= 0.3 is 0 Å². The summed E-state index contributed by atoms with van der Waals surface area (Å²) in [7, 11) is 0. The minimum absolute atomic E-state index is 0.276. The van der Waals surface area contributed by atoms with E-state index in [1.165, 1.54) is 33.5 Å². The summed E-state index contributed by atoms with van der Waals surface area (Å²) < 4.78 is 0. The molecule has 0 saturated carbocycles. The van der Waals surface area contributed by atoms with E-state index in [0.717, 1.165) is 45.3 Å². The van der Waals surface area contributed by atoms with Crippen molar-refractivity contribution in [3.63, 3.8) is 0 Å². The highest BCUT2D eigenvalue weighted by molar-refractivity contribution is 6.02. The number of amides is 1. The van der Waals surface area contributed by atoms with E-state index in [2.05, 4.69) is 53.5 Å². The van der Waals surface area contributed by atoms with Crippen LogP contribution in [0.3, 0.4) is 0 Å². The van der Waals surface area contributed by atoms with Crippen LogP contribution in [0.5, 0.6) is 0 Å². The van der Waals surface area contributed by atoms with Gasteiger partial charge in [0.05, 0.1) is 5.69 Å². The Morgan fingerprint density at radius 1 is 1.00 bits per heavy atom. The molecule has 3 nitrogen and oxygen atoms in total. The summed E-state index contributed by atoms with van der Waals surface area (Å²) in [6.45, 7) is 5.00. The maximum absolute atomic E-state index is 12.7. The van der Waals surface area contributed by atoms with Crippen molar-refractivity contribution < 1.29 is 4.79 Å². The van der Waals surface area contributed by atoms with Gasteiger partial charge in [0.1, 0.15) is 0 Å². The van der Waals surface area contributed by atoms with Gasteiger partial charge in [-0.05, 0) is 61.0 Å². The van der Waals surface area contributed by atoms with Gasteiger partial charge in [-0.15, -0.1) is 0 Å². The van der Waals surface area contributed by atoms with Gasteiger partial charge in [-0.1, -0.05) is 43.3 Å². The van der Waals surface area contributed by atoms with Gasteiger partial charge in [0.15, 0.2) is 0 Å². The molecule has 2 aliphatic heterocycles. The van der Waals surface area contributed by atoms with Crippen LogP contribution in [-0.2, 0) is 24.1 Å². The minimum Gasteiger partial charge on any atom is -0.316 e. The predicted octanol–water partition coefficient (Wildman–Crippen LogP) is 3.73. The number of fused-ring (bicyclic) bond motifs is 2. The van der Waals surface area contributed by atoms with Gasteiger partial charge in [0.2, 0.25) is 5.91 Å². The van der Waals surface area contributed by atoms with E-state index in [-0.39, 0.29) is 5.91 Å². The second kappa shape index (κ2) is 7.01. The Balaban J connectivity index is 1.99.